The minimum atomic E-state index is 0.551. The first-order chi connectivity index (χ1) is 8.16. The van der Waals surface area contributed by atoms with E-state index < -0.39 is 0 Å². The maximum absolute atomic E-state index is 5.95. The Morgan fingerprint density at radius 1 is 1.06 bits per heavy atom. The second-order valence-corrected chi connectivity index (χ2v) is 4.26. The number of nitrogen functional groups attached to an aromatic ring is 1. The fourth-order valence-electron chi connectivity index (χ4n) is 1.74. The van der Waals surface area contributed by atoms with Gasteiger partial charge in [-0.3, -0.25) is 0 Å². The van der Waals surface area contributed by atoms with Gasteiger partial charge in [-0.05, 0) is 31.0 Å². The largest absolute Gasteiger partial charge is 0.487 e. The molecule has 0 heterocycles. The first-order valence-corrected chi connectivity index (χ1v) is 5.70. The summed E-state index contributed by atoms with van der Waals surface area (Å²) in [7, 11) is 0. The molecule has 0 aromatic heterocycles. The monoisotopic (exact) mass is 227 g/mol. The Morgan fingerprint density at radius 2 is 1.82 bits per heavy atom. The van der Waals surface area contributed by atoms with E-state index in [0.717, 1.165) is 22.6 Å². The quantitative estimate of drug-likeness (QED) is 0.815. The van der Waals surface area contributed by atoms with Crippen LogP contribution in [0.1, 0.15) is 16.7 Å². The summed E-state index contributed by atoms with van der Waals surface area (Å²) in [5, 5.41) is 0. The highest BCUT2D eigenvalue weighted by Crippen LogP contribution is 2.25. The van der Waals surface area contributed by atoms with Gasteiger partial charge in [0.15, 0.2) is 0 Å². The molecule has 0 aliphatic heterocycles. The number of anilines is 1. The molecule has 0 amide bonds. The van der Waals surface area contributed by atoms with Crippen molar-refractivity contribution in [2.75, 3.05) is 5.73 Å². The van der Waals surface area contributed by atoms with Gasteiger partial charge in [-0.1, -0.05) is 42.0 Å². The highest BCUT2D eigenvalue weighted by molar-refractivity contribution is 5.57. The summed E-state index contributed by atoms with van der Waals surface area (Å²) in [5.74, 6) is 0.756. The Bertz CT molecular complexity index is 520. The summed E-state index contributed by atoms with van der Waals surface area (Å²) >= 11 is 0. The second kappa shape index (κ2) is 4.91. The van der Waals surface area contributed by atoms with E-state index in [4.69, 9.17) is 10.5 Å². The van der Waals surface area contributed by atoms with Crippen LogP contribution in [0.5, 0.6) is 5.75 Å². The van der Waals surface area contributed by atoms with Gasteiger partial charge in [0.1, 0.15) is 12.4 Å². The molecule has 2 aromatic carbocycles. The first-order valence-electron chi connectivity index (χ1n) is 5.70. The van der Waals surface area contributed by atoms with Crippen LogP contribution in [0.15, 0.2) is 42.5 Å². The number of aryl methyl sites for hydroxylation is 2. The van der Waals surface area contributed by atoms with E-state index in [1.54, 1.807) is 0 Å². The van der Waals surface area contributed by atoms with Crippen LogP contribution in [0.2, 0.25) is 0 Å². The minimum Gasteiger partial charge on any atom is -0.487 e. The Labute approximate surface area is 102 Å². The van der Waals surface area contributed by atoms with Crippen molar-refractivity contribution in [1.29, 1.82) is 0 Å². The molecular weight excluding hydrogens is 210 g/mol. The van der Waals surface area contributed by atoms with Crippen molar-refractivity contribution in [2.24, 2.45) is 0 Å². The molecule has 0 bridgehead atoms. The van der Waals surface area contributed by atoms with E-state index >= 15 is 0 Å². The third-order valence-electron chi connectivity index (χ3n) is 2.76. The Morgan fingerprint density at radius 3 is 2.59 bits per heavy atom. The summed E-state index contributed by atoms with van der Waals surface area (Å²) < 4.78 is 5.73. The van der Waals surface area contributed by atoms with Crippen molar-refractivity contribution in [1.82, 2.24) is 0 Å². The summed E-state index contributed by atoms with van der Waals surface area (Å²) in [5.41, 5.74) is 10.1. The minimum absolute atomic E-state index is 0.551. The maximum Gasteiger partial charge on any atom is 0.142 e. The number of hydrogen-bond acceptors (Lipinski definition) is 2. The van der Waals surface area contributed by atoms with E-state index in [9.17, 15) is 0 Å². The van der Waals surface area contributed by atoms with E-state index in [0.29, 0.717) is 6.61 Å². The van der Waals surface area contributed by atoms with Crippen molar-refractivity contribution in [3.8, 4) is 5.75 Å². The Balaban J connectivity index is 2.10. The van der Waals surface area contributed by atoms with Gasteiger partial charge in [0.2, 0.25) is 0 Å². The molecule has 2 aromatic rings. The molecule has 2 heteroatoms. The van der Waals surface area contributed by atoms with Crippen LogP contribution in [0, 0.1) is 13.8 Å². The van der Waals surface area contributed by atoms with Gasteiger partial charge in [-0.25, -0.2) is 0 Å². The summed E-state index contributed by atoms with van der Waals surface area (Å²) in [6.07, 6.45) is 0. The zero-order valence-electron chi connectivity index (χ0n) is 10.2. The highest BCUT2D eigenvalue weighted by Gasteiger charge is 2.02. The summed E-state index contributed by atoms with van der Waals surface area (Å²) in [6.45, 7) is 4.61. The zero-order chi connectivity index (χ0) is 12.3. The van der Waals surface area contributed by atoms with Crippen molar-refractivity contribution in [3.63, 3.8) is 0 Å². The number of nitrogens with two attached hydrogens (primary N) is 1. The normalized spacial score (nSPS) is 10.2. The fraction of sp³-hybridized carbons (Fsp3) is 0.200. The molecule has 88 valence electrons. The van der Waals surface area contributed by atoms with Crippen molar-refractivity contribution in [2.45, 2.75) is 20.5 Å². The molecule has 0 aliphatic carbocycles. The molecule has 2 N–H and O–H groups in total. The third-order valence-corrected chi connectivity index (χ3v) is 2.76. The number of ether oxygens (including phenoxy) is 1. The van der Waals surface area contributed by atoms with Crippen LogP contribution in [0.3, 0.4) is 0 Å². The summed E-state index contributed by atoms with van der Waals surface area (Å²) in [6, 6.07) is 14.1. The average molecular weight is 227 g/mol. The van der Waals surface area contributed by atoms with Crippen LogP contribution in [-0.4, -0.2) is 0 Å². The molecule has 2 rings (SSSR count). The van der Waals surface area contributed by atoms with Gasteiger partial charge in [-0.15, -0.1) is 0 Å². The van der Waals surface area contributed by atoms with Crippen LogP contribution < -0.4 is 10.5 Å². The number of benzene rings is 2. The number of para-hydroxylation sites is 1. The molecular formula is C15H17NO. The van der Waals surface area contributed by atoms with Gasteiger partial charge >= 0.3 is 0 Å². The molecule has 0 unspecified atom stereocenters. The molecule has 0 spiro atoms. The van der Waals surface area contributed by atoms with Gasteiger partial charge in [0, 0.05) is 0 Å². The lowest BCUT2D eigenvalue weighted by Crippen LogP contribution is -2.00. The average Bonchev–Trinajstić information content (AvgIpc) is 2.31. The summed E-state index contributed by atoms with van der Waals surface area (Å²) in [4.78, 5) is 0. The van der Waals surface area contributed by atoms with Gasteiger partial charge in [0.25, 0.3) is 0 Å². The van der Waals surface area contributed by atoms with Crippen LogP contribution in [0.25, 0.3) is 0 Å². The third kappa shape index (κ3) is 2.78. The molecule has 17 heavy (non-hydrogen) atoms. The predicted octanol–water partition coefficient (Wildman–Crippen LogP) is 3.46. The van der Waals surface area contributed by atoms with Crippen LogP contribution in [0.4, 0.5) is 5.69 Å². The first kappa shape index (κ1) is 11.5. The van der Waals surface area contributed by atoms with Crippen LogP contribution >= 0.6 is 0 Å². The van der Waals surface area contributed by atoms with Crippen molar-refractivity contribution in [3.05, 3.63) is 59.2 Å². The predicted molar refractivity (Wildman–Crippen MR) is 71.1 cm³/mol. The molecule has 0 aliphatic rings. The topological polar surface area (TPSA) is 35.2 Å². The fourth-order valence-corrected chi connectivity index (χ4v) is 1.74. The molecule has 0 radical (unpaired) electrons. The lowest BCUT2D eigenvalue weighted by molar-refractivity contribution is 0.307. The maximum atomic E-state index is 5.95. The van der Waals surface area contributed by atoms with E-state index in [1.807, 2.05) is 31.2 Å². The Kier molecular flexibility index (Phi) is 3.33. The second-order valence-electron chi connectivity index (χ2n) is 4.26. The van der Waals surface area contributed by atoms with Gasteiger partial charge in [0.05, 0.1) is 5.69 Å². The van der Waals surface area contributed by atoms with Gasteiger partial charge in [-0.2, -0.15) is 0 Å². The number of hydrogen-bond donors (Lipinski definition) is 1. The molecule has 0 fully saturated rings. The highest BCUT2D eigenvalue weighted by atomic mass is 16.5. The molecule has 2 nitrogen and oxygen atoms in total. The van der Waals surface area contributed by atoms with E-state index in [1.165, 1.54) is 5.56 Å². The Hall–Kier alpha value is -1.96. The lowest BCUT2D eigenvalue weighted by atomic mass is 10.1. The van der Waals surface area contributed by atoms with Gasteiger partial charge < -0.3 is 10.5 Å². The zero-order valence-corrected chi connectivity index (χ0v) is 10.2. The van der Waals surface area contributed by atoms with E-state index in [-0.39, 0.29) is 0 Å². The molecule has 0 saturated heterocycles. The number of rotatable bonds is 3. The molecule has 0 atom stereocenters. The van der Waals surface area contributed by atoms with Crippen LogP contribution in [-0.2, 0) is 6.61 Å². The lowest BCUT2D eigenvalue weighted by Gasteiger charge is -2.10. The van der Waals surface area contributed by atoms with Crippen molar-refractivity contribution >= 4 is 5.69 Å². The molecule has 0 saturated carbocycles. The van der Waals surface area contributed by atoms with E-state index in [2.05, 4.69) is 25.1 Å². The SMILES string of the molecule is Cc1cccc(COc2cccc(C)c2N)c1. The standard InChI is InChI=1S/C15H17NO/c1-11-5-3-7-13(9-11)10-17-14-8-4-6-12(2)15(14)16/h3-9H,10,16H2,1-2H3. The smallest absolute Gasteiger partial charge is 0.142 e. The van der Waals surface area contributed by atoms with Crippen molar-refractivity contribution < 1.29 is 4.74 Å².